The maximum absolute atomic E-state index is 11.7. The van der Waals surface area contributed by atoms with E-state index in [0.717, 1.165) is 22.6 Å². The molecule has 2 aromatic rings. The van der Waals surface area contributed by atoms with Gasteiger partial charge < -0.3 is 9.64 Å². The van der Waals surface area contributed by atoms with Gasteiger partial charge in [-0.2, -0.15) is 0 Å². The summed E-state index contributed by atoms with van der Waals surface area (Å²) in [6, 6.07) is 15.5. The molecule has 2 aromatic carbocycles. The fourth-order valence-corrected chi connectivity index (χ4v) is 1.82. The number of hydrogen-bond donors (Lipinski definition) is 0. The van der Waals surface area contributed by atoms with Crippen molar-refractivity contribution in [2.45, 2.75) is 6.92 Å². The highest BCUT2D eigenvalue weighted by atomic mass is 16.5. The summed E-state index contributed by atoms with van der Waals surface area (Å²) in [7, 11) is 3.45. The lowest BCUT2D eigenvalue weighted by molar-refractivity contribution is -0.123. The van der Waals surface area contributed by atoms with E-state index in [1.165, 1.54) is 4.90 Å². The molecule has 1 amide bonds. The van der Waals surface area contributed by atoms with Crippen molar-refractivity contribution in [3.05, 3.63) is 65.7 Å². The number of para-hydroxylation sites is 1. The van der Waals surface area contributed by atoms with E-state index < -0.39 is 0 Å². The Bertz CT molecular complexity index is 646. The van der Waals surface area contributed by atoms with Gasteiger partial charge in [0.05, 0.1) is 0 Å². The van der Waals surface area contributed by atoms with E-state index in [9.17, 15) is 4.79 Å². The molecule has 0 aliphatic carbocycles. The molecule has 108 valence electrons. The lowest BCUT2D eigenvalue weighted by atomic mass is 10.1. The maximum atomic E-state index is 11.7. The second-order valence-corrected chi connectivity index (χ2v) is 5.02. The highest BCUT2D eigenvalue weighted by Crippen LogP contribution is 2.27. The normalized spacial score (nSPS) is 10.6. The Morgan fingerprint density at radius 2 is 1.81 bits per heavy atom. The van der Waals surface area contributed by atoms with Crippen LogP contribution in [0, 0.1) is 6.92 Å². The van der Waals surface area contributed by atoms with Crippen molar-refractivity contribution >= 4 is 12.0 Å². The van der Waals surface area contributed by atoms with Crippen LogP contribution in [-0.2, 0) is 4.79 Å². The fraction of sp³-hybridized carbons (Fsp3) is 0.167. The molecule has 2 rings (SSSR count). The molecule has 0 saturated carbocycles. The van der Waals surface area contributed by atoms with E-state index in [1.807, 2.05) is 55.5 Å². The predicted octanol–water partition coefficient (Wildman–Crippen LogP) is 3.89. The summed E-state index contributed by atoms with van der Waals surface area (Å²) in [5.41, 5.74) is 2.00. The third-order valence-corrected chi connectivity index (χ3v) is 2.98. The van der Waals surface area contributed by atoms with Gasteiger partial charge in [0.15, 0.2) is 0 Å². The van der Waals surface area contributed by atoms with E-state index >= 15 is 0 Å². The van der Waals surface area contributed by atoms with Gasteiger partial charge in [0, 0.05) is 25.7 Å². The van der Waals surface area contributed by atoms with Crippen LogP contribution >= 0.6 is 0 Å². The van der Waals surface area contributed by atoms with E-state index in [2.05, 4.69) is 0 Å². The molecule has 0 heterocycles. The van der Waals surface area contributed by atoms with Crippen molar-refractivity contribution in [3.63, 3.8) is 0 Å². The van der Waals surface area contributed by atoms with Crippen molar-refractivity contribution in [3.8, 4) is 11.5 Å². The maximum Gasteiger partial charge on any atom is 0.246 e. The molecule has 0 atom stereocenters. The van der Waals surface area contributed by atoms with Crippen LogP contribution in [0.15, 0.2) is 54.6 Å². The fourth-order valence-electron chi connectivity index (χ4n) is 1.82. The Kier molecular flexibility index (Phi) is 4.77. The van der Waals surface area contributed by atoms with E-state index in [1.54, 1.807) is 26.2 Å². The Morgan fingerprint density at radius 1 is 1.10 bits per heavy atom. The largest absolute Gasteiger partial charge is 0.457 e. The minimum absolute atomic E-state index is 0.0535. The number of hydrogen-bond acceptors (Lipinski definition) is 2. The molecule has 0 aliphatic rings. The highest BCUT2D eigenvalue weighted by molar-refractivity contribution is 5.91. The lowest BCUT2D eigenvalue weighted by Crippen LogP contribution is -2.18. The number of aryl methyl sites for hydroxylation is 1. The van der Waals surface area contributed by atoms with Gasteiger partial charge in [0.1, 0.15) is 11.5 Å². The van der Waals surface area contributed by atoms with Crippen LogP contribution in [0.3, 0.4) is 0 Å². The van der Waals surface area contributed by atoms with E-state index in [0.29, 0.717) is 0 Å². The smallest absolute Gasteiger partial charge is 0.246 e. The van der Waals surface area contributed by atoms with Crippen LogP contribution < -0.4 is 4.74 Å². The Morgan fingerprint density at radius 3 is 2.48 bits per heavy atom. The molecule has 3 heteroatoms. The standard InChI is InChI=1S/C18H19NO2/c1-14-9-11-17(21-16-7-5-4-6-8-16)15(13-14)10-12-18(20)19(2)3/h4-13H,1-3H3/b12-10+. The Balaban J connectivity index is 2.27. The van der Waals surface area contributed by atoms with Crippen LogP contribution in [0.4, 0.5) is 0 Å². The van der Waals surface area contributed by atoms with Crippen molar-refractivity contribution in [2.24, 2.45) is 0 Å². The van der Waals surface area contributed by atoms with Crippen LogP contribution in [0.2, 0.25) is 0 Å². The average molecular weight is 281 g/mol. The molecule has 0 unspecified atom stereocenters. The first-order valence-electron chi connectivity index (χ1n) is 6.79. The minimum atomic E-state index is -0.0535. The molecular weight excluding hydrogens is 262 g/mol. The summed E-state index contributed by atoms with van der Waals surface area (Å²) in [6.45, 7) is 2.01. The SMILES string of the molecule is Cc1ccc(Oc2ccccc2)c(/C=C/C(=O)N(C)C)c1. The first-order valence-corrected chi connectivity index (χ1v) is 6.79. The Hall–Kier alpha value is -2.55. The lowest BCUT2D eigenvalue weighted by Gasteiger charge is -2.10. The first kappa shape index (κ1) is 14.9. The summed E-state index contributed by atoms with van der Waals surface area (Å²) in [5, 5.41) is 0. The minimum Gasteiger partial charge on any atom is -0.457 e. The van der Waals surface area contributed by atoms with Gasteiger partial charge in [-0.05, 0) is 37.3 Å². The monoisotopic (exact) mass is 281 g/mol. The zero-order valence-electron chi connectivity index (χ0n) is 12.5. The molecule has 0 spiro atoms. The van der Waals surface area contributed by atoms with Crippen molar-refractivity contribution < 1.29 is 9.53 Å². The predicted molar refractivity (Wildman–Crippen MR) is 85.4 cm³/mol. The zero-order chi connectivity index (χ0) is 15.2. The second kappa shape index (κ2) is 6.75. The highest BCUT2D eigenvalue weighted by Gasteiger charge is 2.04. The quantitative estimate of drug-likeness (QED) is 0.796. The number of ether oxygens (including phenoxy) is 1. The molecule has 0 radical (unpaired) electrons. The van der Waals surface area contributed by atoms with Crippen molar-refractivity contribution in [2.75, 3.05) is 14.1 Å². The van der Waals surface area contributed by atoms with Crippen molar-refractivity contribution in [1.29, 1.82) is 0 Å². The molecule has 0 bridgehead atoms. The number of carbonyl (C=O) groups excluding carboxylic acids is 1. The van der Waals surface area contributed by atoms with Crippen LogP contribution in [-0.4, -0.2) is 24.9 Å². The zero-order valence-corrected chi connectivity index (χ0v) is 12.5. The molecule has 0 aromatic heterocycles. The van der Waals surface area contributed by atoms with Crippen LogP contribution in [0.25, 0.3) is 6.08 Å². The molecule has 21 heavy (non-hydrogen) atoms. The molecule has 3 nitrogen and oxygen atoms in total. The summed E-state index contributed by atoms with van der Waals surface area (Å²) >= 11 is 0. The molecule has 0 N–H and O–H groups in total. The Labute approximate surface area is 125 Å². The third kappa shape index (κ3) is 4.21. The molecule has 0 aliphatic heterocycles. The summed E-state index contributed by atoms with van der Waals surface area (Å²) < 4.78 is 5.88. The number of carbonyl (C=O) groups is 1. The number of likely N-dealkylation sites (N-methyl/N-ethyl adjacent to an activating group) is 1. The van der Waals surface area contributed by atoms with Crippen LogP contribution in [0.1, 0.15) is 11.1 Å². The van der Waals surface area contributed by atoms with E-state index in [4.69, 9.17) is 4.74 Å². The van der Waals surface area contributed by atoms with Gasteiger partial charge in [-0.25, -0.2) is 0 Å². The summed E-state index contributed by atoms with van der Waals surface area (Å²) in [6.07, 6.45) is 3.33. The molecule has 0 saturated heterocycles. The summed E-state index contributed by atoms with van der Waals surface area (Å²) in [5.74, 6) is 1.45. The third-order valence-electron chi connectivity index (χ3n) is 2.98. The topological polar surface area (TPSA) is 29.5 Å². The van der Waals surface area contributed by atoms with Gasteiger partial charge in [0.25, 0.3) is 0 Å². The number of benzene rings is 2. The number of nitrogens with zero attached hydrogens (tertiary/aromatic N) is 1. The first-order chi connectivity index (χ1) is 10.1. The molecule has 0 fully saturated rings. The van der Waals surface area contributed by atoms with Gasteiger partial charge in [-0.1, -0.05) is 29.8 Å². The average Bonchev–Trinajstić information content (AvgIpc) is 2.48. The summed E-state index contributed by atoms with van der Waals surface area (Å²) in [4.78, 5) is 13.2. The van der Waals surface area contributed by atoms with Gasteiger partial charge in [-0.15, -0.1) is 0 Å². The number of rotatable bonds is 4. The molecular formula is C18H19NO2. The van der Waals surface area contributed by atoms with Crippen LogP contribution in [0.5, 0.6) is 11.5 Å². The van der Waals surface area contributed by atoms with Gasteiger partial charge in [-0.3, -0.25) is 4.79 Å². The van der Waals surface area contributed by atoms with Gasteiger partial charge >= 0.3 is 0 Å². The number of amides is 1. The van der Waals surface area contributed by atoms with Crippen molar-refractivity contribution in [1.82, 2.24) is 4.90 Å². The van der Waals surface area contributed by atoms with E-state index in [-0.39, 0.29) is 5.91 Å². The second-order valence-electron chi connectivity index (χ2n) is 5.02. The van der Waals surface area contributed by atoms with Gasteiger partial charge in [0.2, 0.25) is 5.91 Å².